The molecule has 1 rings (SSSR count). The number of methoxy groups -OCH3 is 1. The smallest absolute Gasteiger partial charge is 0.335 e. The largest absolute Gasteiger partial charge is 0.506 e. The van der Waals surface area contributed by atoms with Gasteiger partial charge in [-0.25, -0.2) is 4.79 Å². The zero-order valence-corrected chi connectivity index (χ0v) is 11.2. The van der Waals surface area contributed by atoms with Gasteiger partial charge in [0.2, 0.25) is 5.91 Å². The average Bonchev–Trinajstić information content (AvgIpc) is 2.37. The first kappa shape index (κ1) is 15.3. The molecule has 0 aliphatic rings. The van der Waals surface area contributed by atoms with E-state index in [0.717, 1.165) is 0 Å². The highest BCUT2D eigenvalue weighted by molar-refractivity contribution is 7.99. The monoisotopic (exact) mass is 285 g/mol. The minimum Gasteiger partial charge on any atom is -0.506 e. The number of phenolic OH excluding ortho intramolecular Hbond substituents is 1. The Morgan fingerprint density at radius 3 is 2.79 bits per heavy atom. The summed E-state index contributed by atoms with van der Waals surface area (Å²) in [6.07, 6.45) is 0. The van der Waals surface area contributed by atoms with E-state index < -0.39 is 5.97 Å². The lowest BCUT2D eigenvalue weighted by Gasteiger charge is -2.08. The fourth-order valence-electron chi connectivity index (χ4n) is 1.26. The lowest BCUT2D eigenvalue weighted by atomic mass is 10.2. The number of thioether (sulfide) groups is 1. The number of anilines is 1. The maximum atomic E-state index is 11.6. The highest BCUT2D eigenvalue weighted by Gasteiger charge is 2.10. The number of hydrogen-bond acceptors (Lipinski definition) is 5. The van der Waals surface area contributed by atoms with Crippen molar-refractivity contribution in [1.82, 2.24) is 0 Å². The molecule has 0 heterocycles. The summed E-state index contributed by atoms with van der Waals surface area (Å²) in [6.45, 7) is 0.553. The number of carboxylic acids is 1. The van der Waals surface area contributed by atoms with E-state index in [1.807, 2.05) is 0 Å². The number of aromatic hydroxyl groups is 1. The van der Waals surface area contributed by atoms with Crippen LogP contribution in [0, 0.1) is 0 Å². The minimum absolute atomic E-state index is 0.000126. The van der Waals surface area contributed by atoms with Crippen molar-refractivity contribution in [3.63, 3.8) is 0 Å². The molecule has 1 aromatic carbocycles. The first-order chi connectivity index (χ1) is 9.04. The van der Waals surface area contributed by atoms with E-state index in [-0.39, 0.29) is 28.7 Å². The van der Waals surface area contributed by atoms with Gasteiger partial charge >= 0.3 is 5.97 Å². The van der Waals surface area contributed by atoms with Gasteiger partial charge in [-0.05, 0) is 18.2 Å². The van der Waals surface area contributed by atoms with Gasteiger partial charge in [0.1, 0.15) is 5.75 Å². The molecule has 0 bridgehead atoms. The molecule has 6 nitrogen and oxygen atoms in total. The van der Waals surface area contributed by atoms with Crippen molar-refractivity contribution < 1.29 is 24.5 Å². The number of carbonyl (C=O) groups excluding carboxylic acids is 1. The molecule has 7 heteroatoms. The second-order valence-corrected chi connectivity index (χ2v) is 4.74. The molecule has 0 spiro atoms. The number of carboxylic acid groups (broad SMARTS) is 1. The lowest BCUT2D eigenvalue weighted by Crippen LogP contribution is -2.15. The maximum Gasteiger partial charge on any atom is 0.335 e. The van der Waals surface area contributed by atoms with Crippen molar-refractivity contribution in [2.75, 3.05) is 30.5 Å². The number of nitrogens with one attached hydrogen (secondary N) is 1. The van der Waals surface area contributed by atoms with Crippen molar-refractivity contribution in [2.24, 2.45) is 0 Å². The number of carbonyl (C=O) groups is 2. The summed E-state index contributed by atoms with van der Waals surface area (Å²) in [5.41, 5.74) is 0.0948. The maximum absolute atomic E-state index is 11.6. The molecule has 0 fully saturated rings. The molecule has 1 aromatic rings. The van der Waals surface area contributed by atoms with Crippen molar-refractivity contribution >= 4 is 29.3 Å². The molecule has 0 saturated carbocycles. The number of ether oxygens (including phenoxy) is 1. The van der Waals surface area contributed by atoms with Crippen LogP contribution in [-0.2, 0) is 9.53 Å². The van der Waals surface area contributed by atoms with Gasteiger partial charge in [0.05, 0.1) is 23.6 Å². The fraction of sp³-hybridized carbons (Fsp3) is 0.333. The van der Waals surface area contributed by atoms with Crippen LogP contribution in [0.25, 0.3) is 0 Å². The standard InChI is InChI=1S/C12H15NO5S/c1-18-4-5-19-7-11(15)13-9-6-8(12(16)17)2-3-10(9)14/h2-3,6,14H,4-5,7H2,1H3,(H,13,15)(H,16,17). The Labute approximate surface area is 114 Å². The number of rotatable bonds is 7. The summed E-state index contributed by atoms with van der Waals surface area (Å²) in [4.78, 5) is 22.4. The van der Waals surface area contributed by atoms with Gasteiger partial charge in [-0.1, -0.05) is 0 Å². The van der Waals surface area contributed by atoms with Crippen molar-refractivity contribution in [3.05, 3.63) is 23.8 Å². The van der Waals surface area contributed by atoms with Gasteiger partial charge in [0, 0.05) is 12.9 Å². The van der Waals surface area contributed by atoms with Gasteiger partial charge in [-0.2, -0.15) is 0 Å². The van der Waals surface area contributed by atoms with E-state index in [9.17, 15) is 14.7 Å². The summed E-state index contributed by atoms with van der Waals surface area (Å²) >= 11 is 1.39. The van der Waals surface area contributed by atoms with Crippen LogP contribution in [0.5, 0.6) is 5.75 Å². The molecule has 1 amide bonds. The number of aromatic carboxylic acids is 1. The Bertz CT molecular complexity index is 463. The molecule has 19 heavy (non-hydrogen) atoms. The van der Waals surface area contributed by atoms with Crippen molar-refractivity contribution in [1.29, 1.82) is 0 Å². The molecule has 0 saturated heterocycles. The van der Waals surface area contributed by atoms with E-state index >= 15 is 0 Å². The molecule has 0 atom stereocenters. The molecular formula is C12H15NO5S. The Hall–Kier alpha value is -1.73. The summed E-state index contributed by atoms with van der Waals surface area (Å²) in [5, 5.41) is 20.8. The SMILES string of the molecule is COCCSCC(=O)Nc1cc(C(=O)O)ccc1O. The van der Waals surface area contributed by atoms with Crippen molar-refractivity contribution in [2.45, 2.75) is 0 Å². The van der Waals surface area contributed by atoms with Crippen LogP contribution in [0.1, 0.15) is 10.4 Å². The Morgan fingerprint density at radius 1 is 1.42 bits per heavy atom. The van der Waals surface area contributed by atoms with Gasteiger partial charge in [0.25, 0.3) is 0 Å². The third-order valence-corrected chi connectivity index (χ3v) is 3.10. The van der Waals surface area contributed by atoms with Gasteiger partial charge < -0.3 is 20.3 Å². The quantitative estimate of drug-likeness (QED) is 0.518. The summed E-state index contributed by atoms with van der Waals surface area (Å²) < 4.78 is 4.85. The molecule has 0 radical (unpaired) electrons. The Kier molecular flexibility index (Phi) is 6.17. The van der Waals surface area contributed by atoms with Gasteiger partial charge in [0.15, 0.2) is 0 Å². The third-order valence-electron chi connectivity index (χ3n) is 2.18. The fourth-order valence-corrected chi connectivity index (χ4v) is 1.95. The van der Waals surface area contributed by atoms with Crippen LogP contribution in [0.4, 0.5) is 5.69 Å². The topological polar surface area (TPSA) is 95.9 Å². The van der Waals surface area contributed by atoms with Crippen LogP contribution < -0.4 is 5.32 Å². The molecule has 104 valence electrons. The third kappa shape index (κ3) is 5.19. The summed E-state index contributed by atoms with van der Waals surface area (Å²) in [6, 6.07) is 3.72. The predicted octanol–water partition coefficient (Wildman–Crippen LogP) is 1.41. The predicted molar refractivity (Wildman–Crippen MR) is 72.9 cm³/mol. The van der Waals surface area contributed by atoms with Gasteiger partial charge in [-0.15, -0.1) is 11.8 Å². The van der Waals surface area contributed by atoms with E-state index in [0.29, 0.717) is 12.4 Å². The lowest BCUT2D eigenvalue weighted by molar-refractivity contribution is -0.113. The summed E-state index contributed by atoms with van der Waals surface area (Å²) in [7, 11) is 1.58. The number of benzene rings is 1. The molecule has 0 unspecified atom stereocenters. The van der Waals surface area contributed by atoms with Crippen LogP contribution >= 0.6 is 11.8 Å². The zero-order valence-electron chi connectivity index (χ0n) is 10.4. The normalized spacial score (nSPS) is 10.2. The summed E-state index contributed by atoms with van der Waals surface area (Å²) in [5.74, 6) is -0.699. The highest BCUT2D eigenvalue weighted by Crippen LogP contribution is 2.24. The minimum atomic E-state index is -1.12. The van der Waals surface area contributed by atoms with Crippen LogP contribution in [0.2, 0.25) is 0 Å². The van der Waals surface area contributed by atoms with Crippen molar-refractivity contribution in [3.8, 4) is 5.75 Å². The van der Waals surface area contributed by atoms with E-state index in [2.05, 4.69) is 5.32 Å². The number of phenols is 1. The number of hydrogen-bond donors (Lipinski definition) is 3. The number of amides is 1. The van der Waals surface area contributed by atoms with Gasteiger partial charge in [-0.3, -0.25) is 4.79 Å². The van der Waals surface area contributed by atoms with E-state index in [1.54, 1.807) is 7.11 Å². The van der Waals surface area contributed by atoms with Crippen LogP contribution in [0.3, 0.4) is 0 Å². The van der Waals surface area contributed by atoms with Crippen LogP contribution in [-0.4, -0.2) is 47.3 Å². The first-order valence-electron chi connectivity index (χ1n) is 5.47. The molecule has 0 aliphatic carbocycles. The molecule has 0 aliphatic heterocycles. The second-order valence-electron chi connectivity index (χ2n) is 3.63. The highest BCUT2D eigenvalue weighted by atomic mass is 32.2. The zero-order chi connectivity index (χ0) is 14.3. The Morgan fingerprint density at radius 2 is 2.16 bits per heavy atom. The Balaban J connectivity index is 2.58. The van der Waals surface area contributed by atoms with Crippen LogP contribution in [0.15, 0.2) is 18.2 Å². The average molecular weight is 285 g/mol. The second kappa shape index (κ2) is 7.65. The van der Waals surface area contributed by atoms with E-state index in [1.165, 1.54) is 30.0 Å². The molecular weight excluding hydrogens is 270 g/mol. The first-order valence-corrected chi connectivity index (χ1v) is 6.63. The molecule has 0 aromatic heterocycles. The van der Waals surface area contributed by atoms with E-state index in [4.69, 9.17) is 9.84 Å². The molecule has 3 N–H and O–H groups in total.